The quantitative estimate of drug-likeness (QED) is 0.146. The van der Waals surface area contributed by atoms with Crippen molar-refractivity contribution in [3.63, 3.8) is 0 Å². The van der Waals surface area contributed by atoms with Crippen molar-refractivity contribution in [2.45, 2.75) is 72.1 Å². The fraction of sp³-hybridized carbons (Fsp3) is 0.275. The third kappa shape index (κ3) is 12.0. The molecule has 0 aromatic heterocycles. The normalized spacial score (nSPS) is 12.1. The number of halogens is 1. The van der Waals surface area contributed by atoms with Gasteiger partial charge in [-0.3, -0.25) is 6.08 Å². The Morgan fingerprint density at radius 2 is 1.45 bits per heavy atom. The van der Waals surface area contributed by atoms with Gasteiger partial charge in [-0.1, -0.05) is 88.2 Å². The van der Waals surface area contributed by atoms with Crippen LogP contribution < -0.4 is 0 Å². The molecule has 0 N–H and O–H groups in total. The molecular formula is C40H43ClZr-4. The van der Waals surface area contributed by atoms with Crippen molar-refractivity contribution in [2.24, 2.45) is 0 Å². The first-order valence-electron chi connectivity index (χ1n) is 14.3. The first kappa shape index (κ1) is 35.6. The fourth-order valence-electron chi connectivity index (χ4n) is 4.17. The molecule has 42 heavy (non-hydrogen) atoms. The number of fused-ring (bicyclic) bond motifs is 3. The maximum atomic E-state index is 5.51. The van der Waals surface area contributed by atoms with Crippen LogP contribution in [0.1, 0.15) is 75.8 Å². The van der Waals surface area contributed by atoms with E-state index in [1.54, 1.807) is 6.07 Å². The first-order valence-corrected chi connectivity index (χ1v) is 16.4. The van der Waals surface area contributed by atoms with E-state index in [4.69, 9.17) is 11.6 Å². The Balaban J connectivity index is 0.000000237. The van der Waals surface area contributed by atoms with Crippen molar-refractivity contribution in [3.05, 3.63) is 154 Å². The molecule has 6 rings (SSSR count). The van der Waals surface area contributed by atoms with E-state index >= 15 is 0 Å². The van der Waals surface area contributed by atoms with Crippen molar-refractivity contribution in [1.82, 2.24) is 0 Å². The Morgan fingerprint density at radius 1 is 0.786 bits per heavy atom. The van der Waals surface area contributed by atoms with Crippen LogP contribution in [0.5, 0.6) is 0 Å². The van der Waals surface area contributed by atoms with Crippen molar-refractivity contribution in [2.75, 3.05) is 0 Å². The summed E-state index contributed by atoms with van der Waals surface area (Å²) in [7, 11) is 0. The van der Waals surface area contributed by atoms with Crippen molar-refractivity contribution < 1.29 is 24.2 Å². The zero-order valence-corrected chi connectivity index (χ0v) is 29.5. The molecule has 0 bridgehead atoms. The number of hydrogen-bond acceptors (Lipinski definition) is 0. The van der Waals surface area contributed by atoms with Gasteiger partial charge in [-0.2, -0.15) is 113 Å². The Labute approximate surface area is 275 Å². The summed E-state index contributed by atoms with van der Waals surface area (Å²) < 4.78 is 3.34. The molecule has 4 aromatic carbocycles. The van der Waals surface area contributed by atoms with Crippen LogP contribution in [-0.4, -0.2) is 4.21 Å². The van der Waals surface area contributed by atoms with Gasteiger partial charge in [0, 0.05) is 0 Å². The minimum atomic E-state index is 0.177. The molecule has 0 radical (unpaired) electrons. The summed E-state index contributed by atoms with van der Waals surface area (Å²) in [6.07, 6.45) is 11.0. The van der Waals surface area contributed by atoms with Crippen LogP contribution in [0.15, 0.2) is 97.1 Å². The summed E-state index contributed by atoms with van der Waals surface area (Å²) in [5.41, 5.74) is 10.1. The number of rotatable bonds is 0. The van der Waals surface area contributed by atoms with E-state index in [0.717, 1.165) is 17.9 Å². The van der Waals surface area contributed by atoms with Crippen molar-refractivity contribution >= 4 is 15.8 Å². The molecule has 218 valence electrons. The monoisotopic (exact) mass is 648 g/mol. The zero-order chi connectivity index (χ0) is 31.2. The van der Waals surface area contributed by atoms with E-state index < -0.39 is 0 Å². The van der Waals surface area contributed by atoms with Crippen LogP contribution >= 0.6 is 11.6 Å². The molecule has 0 fully saturated rings. The van der Waals surface area contributed by atoms with E-state index in [0.29, 0.717) is 0 Å². The summed E-state index contributed by atoms with van der Waals surface area (Å²) in [5, 5.41) is 0.738. The summed E-state index contributed by atoms with van der Waals surface area (Å²) >= 11 is 6.81. The summed E-state index contributed by atoms with van der Waals surface area (Å²) in [5.74, 6) is 0. The summed E-state index contributed by atoms with van der Waals surface area (Å²) in [4.78, 5) is 0. The maximum absolute atomic E-state index is 5.51. The molecule has 0 saturated carbocycles. The predicted octanol–water partition coefficient (Wildman–Crippen LogP) is 10.9. The Kier molecular flexibility index (Phi) is 14.8. The van der Waals surface area contributed by atoms with Gasteiger partial charge in [0.15, 0.2) is 0 Å². The molecule has 0 heterocycles. The van der Waals surface area contributed by atoms with Gasteiger partial charge < -0.3 is 0 Å². The van der Waals surface area contributed by atoms with Crippen LogP contribution in [-0.2, 0) is 41.5 Å². The Morgan fingerprint density at radius 3 is 1.88 bits per heavy atom. The van der Waals surface area contributed by atoms with Gasteiger partial charge in [0.2, 0.25) is 0 Å². The van der Waals surface area contributed by atoms with Crippen LogP contribution in [0.4, 0.5) is 0 Å². The SMILES string of the molecule is CC(C)(C)c1c[c-]c2c(c1)-c1cc(C(C)(C)C)ccc1C2.Cc1cc[c-]cc1.Clc1c[c-]ccc1.[C-]1=CC=CC1.[CH2]=[Zr]. The average Bonchev–Trinajstić information content (AvgIpc) is 3.66. The number of hydrogen-bond donors (Lipinski definition) is 0. The van der Waals surface area contributed by atoms with Gasteiger partial charge in [-0.15, -0.1) is 12.0 Å². The molecule has 2 heteroatoms. The second kappa shape index (κ2) is 17.5. The summed E-state index contributed by atoms with van der Waals surface area (Å²) in [6, 6.07) is 35.9. The van der Waals surface area contributed by atoms with Gasteiger partial charge in [0.05, 0.1) is 0 Å². The minimum absolute atomic E-state index is 0.177. The molecule has 0 amide bonds. The molecule has 2 aliphatic rings. The standard InChI is InChI=1S/C21H25.C7H7.C6H4Cl.C5H5.CH2.Zr/c1-20(2,3)16-9-7-14-11-15-8-10-17(21(4,5)6)13-19(15)18(14)12-16;1-7-5-3-2-4-6-7;7-6-4-2-1-3-5-6;1-2-4-5-3-1;;/h7,9-10,12-13H,11H2,1-6H3;3-6H,1H3;1-2,4-5H;1-3H,4H2;1H2;/q4*-1;;. The van der Waals surface area contributed by atoms with E-state index in [1.807, 2.05) is 54.6 Å². The number of benzene rings is 4. The van der Waals surface area contributed by atoms with Crippen LogP contribution in [0, 0.1) is 31.2 Å². The van der Waals surface area contributed by atoms with Crippen LogP contribution in [0.2, 0.25) is 5.02 Å². The first-order chi connectivity index (χ1) is 19.9. The van der Waals surface area contributed by atoms with Gasteiger partial charge >= 0.3 is 28.4 Å². The van der Waals surface area contributed by atoms with Crippen LogP contribution in [0.3, 0.4) is 0 Å². The van der Waals surface area contributed by atoms with E-state index in [-0.39, 0.29) is 10.8 Å². The zero-order valence-electron chi connectivity index (χ0n) is 26.2. The van der Waals surface area contributed by atoms with Gasteiger partial charge in [0.25, 0.3) is 0 Å². The average molecular weight is 650 g/mol. The second-order valence-electron chi connectivity index (χ2n) is 12.1. The van der Waals surface area contributed by atoms with Gasteiger partial charge in [0.1, 0.15) is 0 Å². The van der Waals surface area contributed by atoms with Crippen molar-refractivity contribution in [1.29, 1.82) is 0 Å². The van der Waals surface area contributed by atoms with E-state index in [1.165, 1.54) is 63.2 Å². The Hall–Kier alpha value is -2.60. The van der Waals surface area contributed by atoms with Gasteiger partial charge in [-0.05, 0) is 17.4 Å². The fourth-order valence-corrected chi connectivity index (χ4v) is 4.30. The second-order valence-corrected chi connectivity index (χ2v) is 12.6. The molecule has 0 saturated heterocycles. The predicted molar refractivity (Wildman–Crippen MR) is 180 cm³/mol. The van der Waals surface area contributed by atoms with Crippen LogP contribution in [0.25, 0.3) is 11.1 Å². The molecule has 0 spiro atoms. The van der Waals surface area contributed by atoms with Crippen molar-refractivity contribution in [3.8, 4) is 11.1 Å². The Bertz CT molecular complexity index is 1310. The molecule has 4 aromatic rings. The van der Waals surface area contributed by atoms with E-state index in [9.17, 15) is 0 Å². The number of allylic oxidation sites excluding steroid dienone is 4. The molecule has 0 atom stereocenters. The topological polar surface area (TPSA) is 0 Å². The molecule has 0 nitrogen and oxygen atoms in total. The van der Waals surface area contributed by atoms with Gasteiger partial charge in [-0.25, -0.2) is 12.2 Å². The third-order valence-electron chi connectivity index (χ3n) is 6.67. The number of aryl methyl sites for hydroxylation is 1. The molecule has 0 unspecified atom stereocenters. The summed E-state index contributed by atoms with van der Waals surface area (Å²) in [6.45, 7) is 15.7. The van der Waals surface area contributed by atoms with E-state index in [2.05, 4.69) is 113 Å². The molecular weight excluding hydrogens is 607 g/mol. The molecule has 2 aliphatic carbocycles. The third-order valence-corrected chi connectivity index (χ3v) is 6.90. The molecule has 0 aliphatic heterocycles.